The molecule has 1 aromatic carbocycles. The van der Waals surface area contributed by atoms with Gasteiger partial charge in [-0.25, -0.2) is 13.1 Å². The first-order chi connectivity index (χ1) is 9.92. The largest absolute Gasteiger partial charge is 0.377 e. The molecule has 114 valence electrons. The molecule has 1 aromatic heterocycles. The van der Waals surface area contributed by atoms with Crippen molar-refractivity contribution < 1.29 is 13.2 Å². The summed E-state index contributed by atoms with van der Waals surface area (Å²) in [6.07, 6.45) is 0. The minimum Gasteiger partial charge on any atom is -0.377 e. The fourth-order valence-corrected chi connectivity index (χ4v) is 2.72. The summed E-state index contributed by atoms with van der Waals surface area (Å²) in [5, 5.41) is 3.98. The van der Waals surface area contributed by atoms with E-state index in [1.807, 2.05) is 13.0 Å². The monoisotopic (exact) mass is 310 g/mol. The van der Waals surface area contributed by atoms with Gasteiger partial charge in [-0.3, -0.25) is 4.68 Å². The zero-order valence-electron chi connectivity index (χ0n) is 12.2. The summed E-state index contributed by atoms with van der Waals surface area (Å²) in [7, 11) is -2.01. The first kappa shape index (κ1) is 15.5. The van der Waals surface area contributed by atoms with Gasteiger partial charge >= 0.3 is 0 Å². The van der Waals surface area contributed by atoms with Crippen molar-refractivity contribution >= 4 is 16.0 Å². The van der Waals surface area contributed by atoms with Crippen molar-refractivity contribution in [2.45, 2.75) is 25.3 Å². The maximum absolute atomic E-state index is 12.3. The quantitative estimate of drug-likeness (QED) is 0.873. The predicted octanol–water partition coefficient (Wildman–Crippen LogP) is 1.46. The number of nitrogens with zero attached hydrogens (tertiary/aromatic N) is 3. The van der Waals surface area contributed by atoms with E-state index < -0.39 is 10.0 Å². The smallest absolute Gasteiger partial charge is 0.264 e. The Labute approximate surface area is 124 Å². The van der Waals surface area contributed by atoms with Gasteiger partial charge in [-0.1, -0.05) is 12.1 Å². The lowest BCUT2D eigenvalue weighted by molar-refractivity contribution is 0.134. The highest BCUT2D eigenvalue weighted by molar-refractivity contribution is 7.92. The summed E-state index contributed by atoms with van der Waals surface area (Å²) in [6.45, 7) is 4.58. The molecule has 0 radical (unpaired) electrons. The molecule has 0 amide bonds. The van der Waals surface area contributed by atoms with E-state index in [0.717, 1.165) is 5.56 Å². The summed E-state index contributed by atoms with van der Waals surface area (Å²) >= 11 is 0. The molecule has 21 heavy (non-hydrogen) atoms. The van der Waals surface area contributed by atoms with Gasteiger partial charge in [-0.05, 0) is 31.5 Å². The highest BCUT2D eigenvalue weighted by Crippen LogP contribution is 2.15. The number of hydrogen-bond acceptors (Lipinski definition) is 5. The third-order valence-electron chi connectivity index (χ3n) is 2.89. The summed E-state index contributed by atoms with van der Waals surface area (Å²) in [5.41, 5.74) is 0.796. The van der Waals surface area contributed by atoms with E-state index in [2.05, 4.69) is 14.8 Å². The number of anilines is 1. The first-order valence-corrected chi connectivity index (χ1v) is 7.98. The predicted molar refractivity (Wildman–Crippen MR) is 78.3 cm³/mol. The van der Waals surface area contributed by atoms with Crippen molar-refractivity contribution in [2.24, 2.45) is 7.05 Å². The minimum absolute atomic E-state index is 0.0604. The van der Waals surface area contributed by atoms with Crippen LogP contribution < -0.4 is 4.72 Å². The summed E-state index contributed by atoms with van der Waals surface area (Å²) in [4.78, 5) is 4.19. The Morgan fingerprint density at radius 3 is 2.76 bits per heavy atom. The Hall–Kier alpha value is -1.93. The molecule has 0 saturated heterocycles. The van der Waals surface area contributed by atoms with Crippen LogP contribution in [-0.2, 0) is 28.4 Å². The molecule has 7 nitrogen and oxygen atoms in total. The van der Waals surface area contributed by atoms with Crippen LogP contribution in [0.2, 0.25) is 0 Å². The van der Waals surface area contributed by atoms with Crippen molar-refractivity contribution in [3.8, 4) is 0 Å². The zero-order chi connectivity index (χ0) is 15.5. The second kappa shape index (κ2) is 6.23. The topological polar surface area (TPSA) is 86.1 Å². The van der Waals surface area contributed by atoms with Crippen LogP contribution in [0.4, 0.5) is 5.95 Å². The lowest BCUT2D eigenvalue weighted by atomic mass is 10.2. The van der Waals surface area contributed by atoms with Gasteiger partial charge in [-0.2, -0.15) is 4.98 Å². The van der Waals surface area contributed by atoms with Crippen LogP contribution in [0.5, 0.6) is 0 Å². The Balaban J connectivity index is 2.22. The number of rotatable bonds is 6. The Kier molecular flexibility index (Phi) is 4.59. The molecule has 0 unspecified atom stereocenters. The van der Waals surface area contributed by atoms with E-state index in [9.17, 15) is 8.42 Å². The molecule has 0 bridgehead atoms. The van der Waals surface area contributed by atoms with Gasteiger partial charge in [0.25, 0.3) is 16.0 Å². The van der Waals surface area contributed by atoms with Crippen molar-refractivity contribution in [1.29, 1.82) is 0 Å². The number of nitrogens with one attached hydrogen (secondary N) is 1. The number of aryl methyl sites for hydroxylation is 2. The normalized spacial score (nSPS) is 11.6. The van der Waals surface area contributed by atoms with E-state index in [1.165, 1.54) is 10.7 Å². The molecule has 2 aromatic rings. The highest BCUT2D eigenvalue weighted by atomic mass is 32.2. The van der Waals surface area contributed by atoms with Gasteiger partial charge in [0.05, 0.1) is 11.5 Å². The minimum atomic E-state index is -3.71. The fraction of sp³-hybridized carbons (Fsp3) is 0.385. The third kappa shape index (κ3) is 3.79. The zero-order valence-corrected chi connectivity index (χ0v) is 13.0. The van der Waals surface area contributed by atoms with E-state index in [-0.39, 0.29) is 10.8 Å². The first-order valence-electron chi connectivity index (χ1n) is 6.49. The van der Waals surface area contributed by atoms with Gasteiger partial charge < -0.3 is 4.74 Å². The van der Waals surface area contributed by atoms with Crippen LogP contribution in [0, 0.1) is 6.92 Å². The van der Waals surface area contributed by atoms with Crippen LogP contribution in [0.1, 0.15) is 18.3 Å². The molecule has 0 aliphatic rings. The lowest BCUT2D eigenvalue weighted by Gasteiger charge is -2.07. The van der Waals surface area contributed by atoms with Crippen LogP contribution >= 0.6 is 0 Å². The number of benzene rings is 1. The van der Waals surface area contributed by atoms with Gasteiger partial charge in [0, 0.05) is 13.7 Å². The van der Waals surface area contributed by atoms with Crippen molar-refractivity contribution in [2.75, 3.05) is 11.3 Å². The van der Waals surface area contributed by atoms with E-state index in [1.54, 1.807) is 26.1 Å². The average Bonchev–Trinajstić information content (AvgIpc) is 2.74. The molecule has 8 heteroatoms. The second-order valence-corrected chi connectivity index (χ2v) is 6.18. The molecule has 1 N–H and O–H groups in total. The van der Waals surface area contributed by atoms with Crippen molar-refractivity contribution in [1.82, 2.24) is 14.8 Å². The Morgan fingerprint density at radius 2 is 2.14 bits per heavy atom. The Morgan fingerprint density at radius 1 is 1.38 bits per heavy atom. The van der Waals surface area contributed by atoms with Gasteiger partial charge in [0.2, 0.25) is 0 Å². The fourth-order valence-electron chi connectivity index (χ4n) is 1.71. The number of hydrogen-bond donors (Lipinski definition) is 1. The summed E-state index contributed by atoms with van der Waals surface area (Å²) < 4.78 is 33.8. The van der Waals surface area contributed by atoms with E-state index >= 15 is 0 Å². The molecule has 0 aliphatic heterocycles. The molecular formula is C13H18N4O3S. The lowest BCUT2D eigenvalue weighted by Crippen LogP contribution is -2.14. The van der Waals surface area contributed by atoms with Crippen molar-refractivity contribution in [3.63, 3.8) is 0 Å². The van der Waals surface area contributed by atoms with Crippen LogP contribution in [0.15, 0.2) is 29.2 Å². The maximum atomic E-state index is 12.3. The number of sulfonamides is 1. The van der Waals surface area contributed by atoms with Gasteiger partial charge in [-0.15, -0.1) is 5.10 Å². The van der Waals surface area contributed by atoms with Crippen LogP contribution in [-0.4, -0.2) is 29.8 Å². The van der Waals surface area contributed by atoms with Crippen LogP contribution in [0.25, 0.3) is 0 Å². The SMILES string of the molecule is CCOCc1cccc(S(=O)(=O)Nc2nc(C)n(C)n2)c1. The van der Waals surface area contributed by atoms with Gasteiger partial charge in [0.15, 0.2) is 0 Å². The van der Waals surface area contributed by atoms with E-state index in [4.69, 9.17) is 4.74 Å². The molecule has 0 fully saturated rings. The van der Waals surface area contributed by atoms with E-state index in [0.29, 0.717) is 19.0 Å². The van der Waals surface area contributed by atoms with Gasteiger partial charge in [0.1, 0.15) is 5.82 Å². The molecule has 0 saturated carbocycles. The highest BCUT2D eigenvalue weighted by Gasteiger charge is 2.17. The second-order valence-electron chi connectivity index (χ2n) is 4.50. The third-order valence-corrected chi connectivity index (χ3v) is 4.21. The molecular weight excluding hydrogens is 292 g/mol. The molecule has 0 aliphatic carbocycles. The number of ether oxygens (including phenoxy) is 1. The standard InChI is InChI=1S/C13H18N4O3S/c1-4-20-9-11-6-5-7-12(8-11)21(18,19)16-13-14-10(2)17(3)15-13/h5-8H,4,9H2,1-3H3,(H,15,16). The molecule has 0 atom stereocenters. The average molecular weight is 310 g/mol. The van der Waals surface area contributed by atoms with Crippen LogP contribution in [0.3, 0.4) is 0 Å². The maximum Gasteiger partial charge on any atom is 0.264 e. The Bertz CT molecular complexity index is 705. The number of aromatic nitrogens is 3. The molecule has 0 spiro atoms. The summed E-state index contributed by atoms with van der Waals surface area (Å²) in [5.74, 6) is 0.683. The molecule has 1 heterocycles. The molecule has 2 rings (SSSR count). The van der Waals surface area contributed by atoms with Crippen molar-refractivity contribution in [3.05, 3.63) is 35.7 Å². The summed E-state index contributed by atoms with van der Waals surface area (Å²) in [6, 6.07) is 6.60.